The fourth-order valence-electron chi connectivity index (χ4n) is 1.97. The second-order valence-corrected chi connectivity index (χ2v) is 7.73. The third-order valence-corrected chi connectivity index (χ3v) is 5.19. The van der Waals surface area contributed by atoms with Crippen LogP contribution in [-0.2, 0) is 10.2 Å². The molecular formula is C17H19ClN2O3S. The Bertz CT molecular complexity index is 794. The zero-order valence-electron chi connectivity index (χ0n) is 14.2. The van der Waals surface area contributed by atoms with Crippen molar-refractivity contribution in [1.82, 2.24) is 4.98 Å². The summed E-state index contributed by atoms with van der Waals surface area (Å²) in [5, 5.41) is 3.97. The van der Waals surface area contributed by atoms with Crippen molar-refractivity contribution in [3.8, 4) is 0 Å². The van der Waals surface area contributed by atoms with Gasteiger partial charge in [0.2, 0.25) is 0 Å². The standard InChI is InChI=1S/C17H19ClN2O3S/c1-9-13(24-16(19-9)17(2,3)4)14(21)20-12-8-10(15(22)23-5)6-7-11(12)18/h6-8H,1-5H3,(H,20,21). The van der Waals surface area contributed by atoms with E-state index in [1.807, 2.05) is 20.8 Å². The number of aromatic nitrogens is 1. The molecule has 0 aliphatic rings. The summed E-state index contributed by atoms with van der Waals surface area (Å²) in [6.45, 7) is 7.93. The molecule has 0 saturated heterocycles. The van der Waals surface area contributed by atoms with E-state index in [0.717, 1.165) is 5.01 Å². The predicted molar refractivity (Wildman–Crippen MR) is 96.3 cm³/mol. The van der Waals surface area contributed by atoms with Crippen LogP contribution in [0.4, 0.5) is 5.69 Å². The number of ether oxygens (including phenoxy) is 1. The van der Waals surface area contributed by atoms with Gasteiger partial charge < -0.3 is 10.1 Å². The highest BCUT2D eigenvalue weighted by Gasteiger charge is 2.23. The molecule has 1 amide bonds. The highest BCUT2D eigenvalue weighted by atomic mass is 35.5. The number of anilines is 1. The summed E-state index contributed by atoms with van der Waals surface area (Å²) in [6, 6.07) is 4.58. The maximum atomic E-state index is 12.6. The number of hydrogen-bond donors (Lipinski definition) is 1. The third kappa shape index (κ3) is 3.94. The van der Waals surface area contributed by atoms with E-state index in [1.54, 1.807) is 19.1 Å². The molecule has 0 fully saturated rings. The normalized spacial score (nSPS) is 11.2. The lowest BCUT2D eigenvalue weighted by molar-refractivity contribution is 0.0600. The van der Waals surface area contributed by atoms with E-state index in [-0.39, 0.29) is 11.3 Å². The first kappa shape index (κ1) is 18.4. The molecule has 0 atom stereocenters. The Kier molecular flexibility index (Phi) is 5.30. The van der Waals surface area contributed by atoms with Gasteiger partial charge in [0.15, 0.2) is 0 Å². The van der Waals surface area contributed by atoms with Crippen molar-refractivity contribution >= 4 is 40.5 Å². The Morgan fingerprint density at radius 3 is 2.50 bits per heavy atom. The van der Waals surface area contributed by atoms with Crippen molar-refractivity contribution < 1.29 is 14.3 Å². The highest BCUT2D eigenvalue weighted by Crippen LogP contribution is 2.30. The van der Waals surface area contributed by atoms with E-state index in [0.29, 0.717) is 26.8 Å². The molecule has 7 heteroatoms. The van der Waals surface area contributed by atoms with Gasteiger partial charge in [-0.1, -0.05) is 32.4 Å². The summed E-state index contributed by atoms with van der Waals surface area (Å²) in [5.41, 5.74) is 1.21. The van der Waals surface area contributed by atoms with Gasteiger partial charge in [-0.25, -0.2) is 9.78 Å². The van der Waals surface area contributed by atoms with E-state index in [2.05, 4.69) is 15.0 Å². The molecule has 1 aromatic heterocycles. The molecule has 0 radical (unpaired) electrons. The number of carbonyl (C=O) groups is 2. The van der Waals surface area contributed by atoms with Gasteiger partial charge in [0.1, 0.15) is 4.88 Å². The van der Waals surface area contributed by atoms with Crippen molar-refractivity contribution in [2.45, 2.75) is 33.1 Å². The van der Waals surface area contributed by atoms with Crippen LogP contribution in [0, 0.1) is 6.92 Å². The molecule has 1 N–H and O–H groups in total. The van der Waals surface area contributed by atoms with Gasteiger partial charge in [-0.3, -0.25) is 4.79 Å². The van der Waals surface area contributed by atoms with Gasteiger partial charge >= 0.3 is 5.97 Å². The molecule has 24 heavy (non-hydrogen) atoms. The van der Waals surface area contributed by atoms with Crippen LogP contribution in [0.5, 0.6) is 0 Å². The number of amides is 1. The molecule has 0 spiro atoms. The quantitative estimate of drug-likeness (QED) is 0.815. The monoisotopic (exact) mass is 366 g/mol. The second kappa shape index (κ2) is 6.91. The van der Waals surface area contributed by atoms with Crippen LogP contribution in [0.25, 0.3) is 0 Å². The van der Waals surface area contributed by atoms with Crippen molar-refractivity contribution in [2.24, 2.45) is 0 Å². The number of aryl methyl sites for hydroxylation is 1. The molecule has 0 aliphatic heterocycles. The lowest BCUT2D eigenvalue weighted by Gasteiger charge is -2.13. The minimum Gasteiger partial charge on any atom is -0.465 e. The summed E-state index contributed by atoms with van der Waals surface area (Å²) in [6.07, 6.45) is 0. The van der Waals surface area contributed by atoms with Crippen LogP contribution >= 0.6 is 22.9 Å². The lowest BCUT2D eigenvalue weighted by Crippen LogP contribution is -2.13. The zero-order valence-corrected chi connectivity index (χ0v) is 15.8. The number of thiazole rings is 1. The first-order valence-electron chi connectivity index (χ1n) is 7.30. The summed E-state index contributed by atoms with van der Waals surface area (Å²) in [7, 11) is 1.30. The van der Waals surface area contributed by atoms with Crippen LogP contribution in [-0.4, -0.2) is 24.0 Å². The fraction of sp³-hybridized carbons (Fsp3) is 0.353. The van der Waals surface area contributed by atoms with Crippen molar-refractivity contribution in [3.63, 3.8) is 0 Å². The number of esters is 1. The molecule has 0 aliphatic carbocycles. The first-order chi connectivity index (χ1) is 11.1. The second-order valence-electron chi connectivity index (χ2n) is 6.32. The number of nitrogens with one attached hydrogen (secondary N) is 1. The number of methoxy groups -OCH3 is 1. The fourth-order valence-corrected chi connectivity index (χ4v) is 3.16. The van der Waals surface area contributed by atoms with E-state index < -0.39 is 5.97 Å². The molecule has 2 rings (SSSR count). The van der Waals surface area contributed by atoms with E-state index in [1.165, 1.54) is 24.5 Å². The molecule has 128 valence electrons. The summed E-state index contributed by atoms with van der Waals surface area (Å²) in [4.78, 5) is 29.2. The molecule has 0 saturated carbocycles. The van der Waals surface area contributed by atoms with E-state index >= 15 is 0 Å². The zero-order chi connectivity index (χ0) is 18.1. The van der Waals surface area contributed by atoms with Gasteiger partial charge in [-0.05, 0) is 25.1 Å². The average molecular weight is 367 g/mol. The SMILES string of the molecule is COC(=O)c1ccc(Cl)c(NC(=O)c2sc(C(C)(C)C)nc2C)c1. The summed E-state index contributed by atoms with van der Waals surface area (Å²) >= 11 is 7.47. The maximum Gasteiger partial charge on any atom is 0.337 e. The van der Waals surface area contributed by atoms with Gasteiger partial charge in [-0.2, -0.15) is 0 Å². The molecule has 1 aromatic carbocycles. The van der Waals surface area contributed by atoms with Crippen LogP contribution in [0.2, 0.25) is 5.02 Å². The highest BCUT2D eigenvalue weighted by molar-refractivity contribution is 7.14. The number of halogens is 1. The molecule has 0 unspecified atom stereocenters. The largest absolute Gasteiger partial charge is 0.465 e. The summed E-state index contributed by atoms with van der Waals surface area (Å²) in [5.74, 6) is -0.796. The molecule has 2 aromatic rings. The first-order valence-corrected chi connectivity index (χ1v) is 8.50. The average Bonchev–Trinajstić information content (AvgIpc) is 2.91. The molecule has 5 nitrogen and oxygen atoms in total. The Hall–Kier alpha value is -1.92. The number of benzene rings is 1. The van der Waals surface area contributed by atoms with E-state index in [4.69, 9.17) is 11.6 Å². The number of hydrogen-bond acceptors (Lipinski definition) is 5. The van der Waals surface area contributed by atoms with Crippen molar-refractivity contribution in [1.29, 1.82) is 0 Å². The predicted octanol–water partition coefficient (Wildman–Crippen LogP) is 4.44. The lowest BCUT2D eigenvalue weighted by atomic mass is 9.98. The summed E-state index contributed by atoms with van der Waals surface area (Å²) < 4.78 is 4.68. The number of carbonyl (C=O) groups excluding carboxylic acids is 2. The Morgan fingerprint density at radius 1 is 1.29 bits per heavy atom. The van der Waals surface area contributed by atoms with Gasteiger partial charge in [0.05, 0.1) is 34.1 Å². The topological polar surface area (TPSA) is 68.3 Å². The Morgan fingerprint density at radius 2 is 1.96 bits per heavy atom. The van der Waals surface area contributed by atoms with Crippen LogP contribution in [0.15, 0.2) is 18.2 Å². The van der Waals surface area contributed by atoms with Crippen LogP contribution in [0.3, 0.4) is 0 Å². The Balaban J connectivity index is 2.30. The molecule has 0 bridgehead atoms. The van der Waals surface area contributed by atoms with Crippen LogP contribution in [0.1, 0.15) is 51.5 Å². The smallest absolute Gasteiger partial charge is 0.337 e. The number of nitrogens with zero attached hydrogens (tertiary/aromatic N) is 1. The van der Waals surface area contributed by atoms with Crippen molar-refractivity contribution in [2.75, 3.05) is 12.4 Å². The third-order valence-electron chi connectivity index (χ3n) is 3.28. The van der Waals surface area contributed by atoms with E-state index in [9.17, 15) is 9.59 Å². The van der Waals surface area contributed by atoms with Gasteiger partial charge in [-0.15, -0.1) is 11.3 Å². The minimum atomic E-state index is -0.494. The molecular weight excluding hydrogens is 348 g/mol. The number of rotatable bonds is 3. The minimum absolute atomic E-state index is 0.129. The van der Waals surface area contributed by atoms with Gasteiger partial charge in [0.25, 0.3) is 5.91 Å². The molecule has 1 heterocycles. The van der Waals surface area contributed by atoms with Crippen LogP contribution < -0.4 is 5.32 Å². The Labute approximate surface area is 150 Å². The van der Waals surface area contributed by atoms with Gasteiger partial charge in [0, 0.05) is 5.41 Å². The van der Waals surface area contributed by atoms with Crippen molar-refractivity contribution in [3.05, 3.63) is 44.4 Å². The maximum absolute atomic E-state index is 12.6.